The second-order valence-electron chi connectivity index (χ2n) is 3.90. The molecule has 0 aliphatic heterocycles. The molecule has 4 nitrogen and oxygen atoms in total. The monoisotopic (exact) mass is 386 g/mol. The Labute approximate surface area is 128 Å². The summed E-state index contributed by atoms with van der Waals surface area (Å²) < 4.78 is 12.5. The molecule has 0 saturated carbocycles. The molecule has 6 heteroatoms. The number of rotatable bonds is 3. The number of aromatic nitrogens is 1. The van der Waals surface area contributed by atoms with Crippen molar-refractivity contribution in [3.63, 3.8) is 0 Å². The van der Waals surface area contributed by atoms with Crippen molar-refractivity contribution in [2.75, 3.05) is 12.8 Å². The molecule has 0 fully saturated rings. The Morgan fingerprint density at radius 1 is 1.11 bits per heavy atom. The summed E-state index contributed by atoms with van der Waals surface area (Å²) in [7, 11) is 1.61. The molecule has 0 unspecified atom stereocenters. The van der Waals surface area contributed by atoms with E-state index in [1.165, 1.54) is 0 Å². The Kier molecular flexibility index (Phi) is 4.31. The summed E-state index contributed by atoms with van der Waals surface area (Å²) in [4.78, 5) is 4.13. The minimum absolute atomic E-state index is 0.490. The number of benzene rings is 1. The second-order valence-corrected chi connectivity index (χ2v) is 5.61. The Hall–Kier alpha value is -1.27. The van der Waals surface area contributed by atoms with E-state index in [1.54, 1.807) is 19.4 Å². The van der Waals surface area contributed by atoms with E-state index < -0.39 is 0 Å². The van der Waals surface area contributed by atoms with Gasteiger partial charge < -0.3 is 15.2 Å². The second kappa shape index (κ2) is 5.79. The number of nitrogen functional groups attached to an aromatic ring is 1. The van der Waals surface area contributed by atoms with Gasteiger partial charge in [-0.3, -0.25) is 0 Å². The Morgan fingerprint density at radius 3 is 2.37 bits per heavy atom. The number of hydrogen-bond acceptors (Lipinski definition) is 4. The maximum atomic E-state index is 5.73. The number of anilines is 1. The third kappa shape index (κ3) is 3.19. The predicted octanol–water partition coefficient (Wildman–Crippen LogP) is 4.30. The number of hydrogen-bond donors (Lipinski definition) is 1. The number of halogens is 2. The molecule has 1 aromatic heterocycles. The average molecular weight is 388 g/mol. The van der Waals surface area contributed by atoms with E-state index in [0.29, 0.717) is 17.3 Å². The lowest BCUT2D eigenvalue weighted by atomic mass is 10.2. The first-order valence-electron chi connectivity index (χ1n) is 5.44. The molecule has 2 rings (SSSR count). The molecule has 0 aliphatic rings. The first kappa shape index (κ1) is 14.1. The van der Waals surface area contributed by atoms with E-state index in [9.17, 15) is 0 Å². The SMILES string of the molecule is COc1cc(Br)c(Oc2cc(C)c(N)cn2)cc1Br. The van der Waals surface area contributed by atoms with E-state index in [-0.39, 0.29) is 0 Å². The van der Waals surface area contributed by atoms with E-state index in [2.05, 4.69) is 36.8 Å². The van der Waals surface area contributed by atoms with Gasteiger partial charge in [-0.1, -0.05) is 0 Å². The van der Waals surface area contributed by atoms with Crippen molar-refractivity contribution in [1.82, 2.24) is 4.98 Å². The molecule has 2 aromatic rings. The third-order valence-electron chi connectivity index (χ3n) is 2.55. The van der Waals surface area contributed by atoms with Crippen molar-refractivity contribution in [2.24, 2.45) is 0 Å². The van der Waals surface area contributed by atoms with Crippen LogP contribution in [0.5, 0.6) is 17.4 Å². The van der Waals surface area contributed by atoms with Crippen molar-refractivity contribution in [2.45, 2.75) is 6.92 Å². The molecule has 19 heavy (non-hydrogen) atoms. The van der Waals surface area contributed by atoms with Crippen LogP contribution in [-0.4, -0.2) is 12.1 Å². The van der Waals surface area contributed by atoms with Crippen LogP contribution in [-0.2, 0) is 0 Å². The highest BCUT2D eigenvalue weighted by Gasteiger charge is 2.10. The molecule has 0 atom stereocenters. The van der Waals surface area contributed by atoms with Gasteiger partial charge in [0.25, 0.3) is 0 Å². The van der Waals surface area contributed by atoms with Gasteiger partial charge in [0, 0.05) is 6.07 Å². The van der Waals surface area contributed by atoms with Crippen molar-refractivity contribution < 1.29 is 9.47 Å². The number of pyridine rings is 1. The van der Waals surface area contributed by atoms with Crippen molar-refractivity contribution in [1.29, 1.82) is 0 Å². The van der Waals surface area contributed by atoms with Gasteiger partial charge in [0.2, 0.25) is 5.88 Å². The lowest BCUT2D eigenvalue weighted by Crippen LogP contribution is -1.95. The summed E-state index contributed by atoms with van der Waals surface area (Å²) in [5, 5.41) is 0. The van der Waals surface area contributed by atoms with Crippen LogP contribution in [0, 0.1) is 6.92 Å². The van der Waals surface area contributed by atoms with E-state index >= 15 is 0 Å². The highest BCUT2D eigenvalue weighted by molar-refractivity contribution is 9.11. The quantitative estimate of drug-likeness (QED) is 0.852. The molecule has 0 saturated heterocycles. The Balaban J connectivity index is 2.32. The molecule has 0 amide bonds. The largest absolute Gasteiger partial charge is 0.496 e. The van der Waals surface area contributed by atoms with Gasteiger partial charge in [-0.05, 0) is 56.5 Å². The third-order valence-corrected chi connectivity index (χ3v) is 3.79. The molecule has 0 spiro atoms. The fourth-order valence-electron chi connectivity index (χ4n) is 1.45. The van der Waals surface area contributed by atoms with E-state index in [4.69, 9.17) is 15.2 Å². The van der Waals surface area contributed by atoms with Gasteiger partial charge in [0.15, 0.2) is 0 Å². The molecule has 1 aromatic carbocycles. The molecular weight excluding hydrogens is 376 g/mol. The van der Waals surface area contributed by atoms with Gasteiger partial charge in [-0.25, -0.2) is 4.98 Å². The van der Waals surface area contributed by atoms with Gasteiger partial charge in [-0.15, -0.1) is 0 Å². The van der Waals surface area contributed by atoms with E-state index in [0.717, 1.165) is 20.3 Å². The van der Waals surface area contributed by atoms with Gasteiger partial charge >= 0.3 is 0 Å². The number of ether oxygens (including phenoxy) is 2. The fourth-order valence-corrected chi connectivity index (χ4v) is 2.34. The number of aryl methyl sites for hydroxylation is 1. The molecule has 100 valence electrons. The van der Waals surface area contributed by atoms with Crippen LogP contribution >= 0.6 is 31.9 Å². The van der Waals surface area contributed by atoms with E-state index in [1.807, 2.05) is 19.1 Å². The summed E-state index contributed by atoms with van der Waals surface area (Å²) in [5.41, 5.74) is 7.29. The minimum atomic E-state index is 0.490. The normalized spacial score (nSPS) is 10.3. The lowest BCUT2D eigenvalue weighted by molar-refractivity contribution is 0.408. The van der Waals surface area contributed by atoms with Gasteiger partial charge in [0.1, 0.15) is 11.5 Å². The van der Waals surface area contributed by atoms with Crippen LogP contribution in [0.2, 0.25) is 0 Å². The zero-order valence-electron chi connectivity index (χ0n) is 10.4. The molecular formula is C13H12Br2N2O2. The Bertz CT molecular complexity index is 618. The molecule has 0 bridgehead atoms. The van der Waals surface area contributed by atoms with Crippen LogP contribution in [0.25, 0.3) is 0 Å². The summed E-state index contributed by atoms with van der Waals surface area (Å²) in [5.74, 6) is 1.86. The maximum absolute atomic E-state index is 5.73. The lowest BCUT2D eigenvalue weighted by Gasteiger charge is -2.11. The summed E-state index contributed by atoms with van der Waals surface area (Å²) in [6.45, 7) is 1.91. The highest BCUT2D eigenvalue weighted by Crippen LogP contribution is 2.37. The molecule has 0 radical (unpaired) electrons. The van der Waals surface area contributed by atoms with Crippen LogP contribution < -0.4 is 15.2 Å². The number of nitrogens with two attached hydrogens (primary N) is 1. The van der Waals surface area contributed by atoms with Crippen molar-refractivity contribution >= 4 is 37.5 Å². The number of nitrogens with zero attached hydrogens (tertiary/aromatic N) is 1. The Morgan fingerprint density at radius 2 is 1.74 bits per heavy atom. The fraction of sp³-hybridized carbons (Fsp3) is 0.154. The predicted molar refractivity (Wildman–Crippen MR) is 81.9 cm³/mol. The summed E-state index contributed by atoms with van der Waals surface area (Å²) in [6, 6.07) is 5.43. The molecule has 2 N–H and O–H groups in total. The zero-order valence-corrected chi connectivity index (χ0v) is 13.6. The van der Waals surface area contributed by atoms with Gasteiger partial charge in [-0.2, -0.15) is 0 Å². The standard InChI is InChI=1S/C13H12Br2N2O2/c1-7-3-13(17-6-10(7)16)19-12-5-8(14)11(18-2)4-9(12)15/h3-6H,16H2,1-2H3. The number of methoxy groups -OCH3 is 1. The van der Waals surface area contributed by atoms with Crippen LogP contribution in [0.3, 0.4) is 0 Å². The van der Waals surface area contributed by atoms with Crippen LogP contribution in [0.1, 0.15) is 5.56 Å². The maximum Gasteiger partial charge on any atom is 0.219 e. The van der Waals surface area contributed by atoms with Gasteiger partial charge in [0.05, 0.1) is 27.9 Å². The van der Waals surface area contributed by atoms with Crippen LogP contribution in [0.15, 0.2) is 33.3 Å². The summed E-state index contributed by atoms with van der Waals surface area (Å²) >= 11 is 6.85. The summed E-state index contributed by atoms with van der Waals surface area (Å²) in [6.07, 6.45) is 1.58. The molecule has 1 heterocycles. The topological polar surface area (TPSA) is 57.4 Å². The van der Waals surface area contributed by atoms with Crippen molar-refractivity contribution in [3.8, 4) is 17.4 Å². The first-order valence-corrected chi connectivity index (χ1v) is 7.03. The van der Waals surface area contributed by atoms with Crippen LogP contribution in [0.4, 0.5) is 5.69 Å². The highest BCUT2D eigenvalue weighted by atomic mass is 79.9. The first-order chi connectivity index (χ1) is 9.01. The zero-order chi connectivity index (χ0) is 14.0. The smallest absolute Gasteiger partial charge is 0.219 e. The molecule has 0 aliphatic carbocycles. The minimum Gasteiger partial charge on any atom is -0.496 e. The van der Waals surface area contributed by atoms with Crippen molar-refractivity contribution in [3.05, 3.63) is 38.9 Å². The average Bonchev–Trinajstić information content (AvgIpc) is 2.38.